The van der Waals surface area contributed by atoms with Crippen molar-refractivity contribution < 1.29 is 4.39 Å². The Labute approximate surface area is 103 Å². The van der Waals surface area contributed by atoms with Crippen molar-refractivity contribution in [1.29, 1.82) is 0 Å². The summed E-state index contributed by atoms with van der Waals surface area (Å²) in [5.74, 6) is -0.271. The van der Waals surface area contributed by atoms with Crippen molar-refractivity contribution in [2.24, 2.45) is 5.41 Å². The summed E-state index contributed by atoms with van der Waals surface area (Å²) in [5.41, 5.74) is 7.12. The van der Waals surface area contributed by atoms with Crippen molar-refractivity contribution in [1.82, 2.24) is 4.90 Å². The molecule has 1 aromatic carbocycles. The van der Waals surface area contributed by atoms with Crippen molar-refractivity contribution in [2.45, 2.75) is 13.8 Å². The molecule has 0 fully saturated rings. The first kappa shape index (κ1) is 13.8. The summed E-state index contributed by atoms with van der Waals surface area (Å²) in [7, 11) is 4.08. The second-order valence-electron chi connectivity index (χ2n) is 5.49. The monoisotopic (exact) mass is 239 g/mol. The first-order valence-electron chi connectivity index (χ1n) is 5.74. The molecule has 0 spiro atoms. The van der Waals surface area contributed by atoms with Crippen LogP contribution >= 0.6 is 0 Å². The molecule has 3 nitrogen and oxygen atoms in total. The standard InChI is InChI=1S/C13H22FN3/c1-13(2,9-17(3)4)8-16-12-7-10(14)5-6-11(12)15/h5-7,16H,8-9,15H2,1-4H3. The zero-order chi connectivity index (χ0) is 13.1. The quantitative estimate of drug-likeness (QED) is 0.775. The van der Waals surface area contributed by atoms with Crippen LogP contribution in [0.25, 0.3) is 0 Å². The Morgan fingerprint density at radius 1 is 1.35 bits per heavy atom. The fraction of sp³-hybridized carbons (Fsp3) is 0.538. The molecule has 3 N–H and O–H groups in total. The SMILES string of the molecule is CN(C)CC(C)(C)CNc1cc(F)ccc1N. The number of nitrogens with zero attached hydrogens (tertiary/aromatic N) is 1. The van der Waals surface area contributed by atoms with Crippen molar-refractivity contribution in [3.63, 3.8) is 0 Å². The molecule has 0 saturated heterocycles. The average Bonchev–Trinajstić information content (AvgIpc) is 2.17. The molecule has 4 heteroatoms. The third-order valence-corrected chi connectivity index (χ3v) is 2.52. The normalized spacial score (nSPS) is 11.9. The Morgan fingerprint density at radius 3 is 2.59 bits per heavy atom. The topological polar surface area (TPSA) is 41.3 Å². The molecule has 0 aliphatic heterocycles. The lowest BCUT2D eigenvalue weighted by Crippen LogP contribution is -2.34. The highest BCUT2D eigenvalue weighted by Crippen LogP contribution is 2.22. The maximum Gasteiger partial charge on any atom is 0.125 e. The molecule has 0 heterocycles. The summed E-state index contributed by atoms with van der Waals surface area (Å²) in [6.07, 6.45) is 0. The van der Waals surface area contributed by atoms with Crippen LogP contribution in [0.15, 0.2) is 18.2 Å². The molecule has 1 aromatic rings. The van der Waals surface area contributed by atoms with Crippen molar-refractivity contribution in [3.8, 4) is 0 Å². The molecule has 0 atom stereocenters. The number of nitrogens with one attached hydrogen (secondary N) is 1. The lowest BCUT2D eigenvalue weighted by atomic mass is 9.93. The number of rotatable bonds is 5. The van der Waals surface area contributed by atoms with Crippen LogP contribution in [-0.2, 0) is 0 Å². The Balaban J connectivity index is 2.63. The van der Waals surface area contributed by atoms with E-state index in [4.69, 9.17) is 5.73 Å². The Kier molecular flexibility index (Phi) is 4.34. The average molecular weight is 239 g/mol. The van der Waals surface area contributed by atoms with Gasteiger partial charge in [-0.2, -0.15) is 0 Å². The number of hydrogen-bond donors (Lipinski definition) is 2. The van der Waals surface area contributed by atoms with Crippen LogP contribution in [0.1, 0.15) is 13.8 Å². The number of benzene rings is 1. The van der Waals surface area contributed by atoms with Gasteiger partial charge in [0.1, 0.15) is 5.82 Å². The highest BCUT2D eigenvalue weighted by Gasteiger charge is 2.18. The van der Waals surface area contributed by atoms with E-state index in [-0.39, 0.29) is 11.2 Å². The van der Waals surface area contributed by atoms with E-state index in [9.17, 15) is 4.39 Å². The fourth-order valence-corrected chi connectivity index (χ4v) is 1.93. The predicted octanol–water partition coefficient (Wildman–Crippen LogP) is 2.41. The molecule has 0 bridgehead atoms. The van der Waals surface area contributed by atoms with Crippen LogP contribution < -0.4 is 11.1 Å². The minimum Gasteiger partial charge on any atom is -0.397 e. The number of halogens is 1. The predicted molar refractivity (Wildman–Crippen MR) is 71.6 cm³/mol. The van der Waals surface area contributed by atoms with Gasteiger partial charge in [-0.1, -0.05) is 13.8 Å². The molecular weight excluding hydrogens is 217 g/mol. The second-order valence-corrected chi connectivity index (χ2v) is 5.49. The van der Waals surface area contributed by atoms with Gasteiger partial charge in [-0.25, -0.2) is 4.39 Å². The largest absolute Gasteiger partial charge is 0.397 e. The molecule has 1 rings (SSSR count). The number of nitrogens with two attached hydrogens (primary N) is 1. The molecule has 0 aromatic heterocycles. The van der Waals surface area contributed by atoms with E-state index in [0.29, 0.717) is 11.4 Å². The van der Waals surface area contributed by atoms with Crippen LogP contribution in [0.5, 0.6) is 0 Å². The van der Waals surface area contributed by atoms with Gasteiger partial charge in [0, 0.05) is 13.1 Å². The van der Waals surface area contributed by atoms with E-state index in [1.54, 1.807) is 6.07 Å². The van der Waals surface area contributed by atoms with Gasteiger partial charge in [-0.05, 0) is 37.7 Å². The number of hydrogen-bond acceptors (Lipinski definition) is 3. The third-order valence-electron chi connectivity index (χ3n) is 2.52. The summed E-state index contributed by atoms with van der Waals surface area (Å²) < 4.78 is 13.1. The van der Waals surface area contributed by atoms with Gasteiger partial charge in [-0.3, -0.25) is 0 Å². The van der Waals surface area contributed by atoms with Crippen molar-refractivity contribution in [2.75, 3.05) is 38.2 Å². The zero-order valence-electron chi connectivity index (χ0n) is 11.0. The summed E-state index contributed by atoms with van der Waals surface area (Å²) in [4.78, 5) is 2.14. The van der Waals surface area contributed by atoms with E-state index >= 15 is 0 Å². The number of nitrogen functional groups attached to an aromatic ring is 1. The van der Waals surface area contributed by atoms with E-state index in [1.807, 2.05) is 14.1 Å². The molecule has 0 saturated carbocycles. The van der Waals surface area contributed by atoms with E-state index in [2.05, 4.69) is 24.1 Å². The summed E-state index contributed by atoms with van der Waals surface area (Å²) in [6, 6.07) is 4.38. The maximum absolute atomic E-state index is 13.1. The highest BCUT2D eigenvalue weighted by molar-refractivity contribution is 5.65. The van der Waals surface area contributed by atoms with Crippen molar-refractivity contribution in [3.05, 3.63) is 24.0 Å². The summed E-state index contributed by atoms with van der Waals surface area (Å²) in [5, 5.41) is 3.21. The second kappa shape index (κ2) is 5.36. The first-order chi connectivity index (χ1) is 7.80. The zero-order valence-corrected chi connectivity index (χ0v) is 11.0. The van der Waals surface area contributed by atoms with E-state index < -0.39 is 0 Å². The summed E-state index contributed by atoms with van der Waals surface area (Å²) >= 11 is 0. The van der Waals surface area contributed by atoms with Crippen LogP contribution in [0, 0.1) is 11.2 Å². The van der Waals surface area contributed by atoms with Gasteiger partial charge in [0.05, 0.1) is 11.4 Å². The van der Waals surface area contributed by atoms with Gasteiger partial charge in [0.15, 0.2) is 0 Å². The van der Waals surface area contributed by atoms with E-state index in [1.165, 1.54) is 12.1 Å². The molecule has 0 amide bonds. The van der Waals surface area contributed by atoms with Crippen LogP contribution in [0.3, 0.4) is 0 Å². The van der Waals surface area contributed by atoms with Crippen molar-refractivity contribution >= 4 is 11.4 Å². The van der Waals surface area contributed by atoms with Gasteiger partial charge < -0.3 is 16.0 Å². The maximum atomic E-state index is 13.1. The fourth-order valence-electron chi connectivity index (χ4n) is 1.93. The molecule has 0 radical (unpaired) electrons. The molecule has 0 aliphatic rings. The molecule has 0 aliphatic carbocycles. The minimum absolute atomic E-state index is 0.0995. The smallest absolute Gasteiger partial charge is 0.125 e. The molecular formula is C13H22FN3. The Morgan fingerprint density at radius 2 is 2.00 bits per heavy atom. The molecule has 96 valence electrons. The summed E-state index contributed by atoms with van der Waals surface area (Å²) in [6.45, 7) is 6.03. The lowest BCUT2D eigenvalue weighted by Gasteiger charge is -2.29. The van der Waals surface area contributed by atoms with Gasteiger partial charge in [-0.15, -0.1) is 0 Å². The van der Waals surface area contributed by atoms with Crippen LogP contribution in [0.2, 0.25) is 0 Å². The van der Waals surface area contributed by atoms with Gasteiger partial charge >= 0.3 is 0 Å². The van der Waals surface area contributed by atoms with Crippen LogP contribution in [-0.4, -0.2) is 32.1 Å². The Hall–Kier alpha value is -1.29. The van der Waals surface area contributed by atoms with E-state index in [0.717, 1.165) is 13.1 Å². The minimum atomic E-state index is -0.271. The van der Waals surface area contributed by atoms with Gasteiger partial charge in [0.25, 0.3) is 0 Å². The lowest BCUT2D eigenvalue weighted by molar-refractivity contribution is 0.254. The molecule has 0 unspecified atom stereocenters. The Bertz CT molecular complexity index is 375. The highest BCUT2D eigenvalue weighted by atomic mass is 19.1. The third kappa shape index (κ3) is 4.61. The van der Waals surface area contributed by atoms with Crippen LogP contribution in [0.4, 0.5) is 15.8 Å². The first-order valence-corrected chi connectivity index (χ1v) is 5.74. The van der Waals surface area contributed by atoms with Gasteiger partial charge in [0.2, 0.25) is 0 Å². The number of anilines is 2. The molecule has 17 heavy (non-hydrogen) atoms.